The molecule has 8 heteroatoms. The van der Waals surface area contributed by atoms with E-state index in [0.717, 1.165) is 6.07 Å². The van der Waals surface area contributed by atoms with Crippen molar-refractivity contribution in [1.82, 2.24) is 9.78 Å². The van der Waals surface area contributed by atoms with Crippen molar-refractivity contribution < 1.29 is 14.0 Å². The summed E-state index contributed by atoms with van der Waals surface area (Å²) in [6.07, 6.45) is 1.36. The minimum Gasteiger partial charge on any atom is -0.322 e. The van der Waals surface area contributed by atoms with Gasteiger partial charge >= 0.3 is 0 Å². The molecule has 4 aromatic rings. The summed E-state index contributed by atoms with van der Waals surface area (Å²) in [5.74, 6) is -1.42. The molecule has 31 heavy (non-hydrogen) atoms. The van der Waals surface area contributed by atoms with Gasteiger partial charge in [-0.1, -0.05) is 35.9 Å². The summed E-state index contributed by atoms with van der Waals surface area (Å²) in [7, 11) is 0. The Labute approximate surface area is 182 Å². The Bertz CT molecular complexity index is 1240. The van der Waals surface area contributed by atoms with Crippen LogP contribution in [-0.4, -0.2) is 21.6 Å². The van der Waals surface area contributed by atoms with E-state index in [4.69, 9.17) is 11.6 Å². The second-order valence-corrected chi connectivity index (χ2v) is 7.02. The van der Waals surface area contributed by atoms with Crippen LogP contribution in [0.15, 0.2) is 85.1 Å². The van der Waals surface area contributed by atoms with E-state index in [1.54, 1.807) is 36.4 Å². The third kappa shape index (κ3) is 4.62. The minimum absolute atomic E-state index is 0.116. The maximum atomic E-state index is 13.6. The molecule has 3 aromatic carbocycles. The molecule has 1 aromatic heterocycles. The maximum Gasteiger partial charge on any atom is 0.261 e. The predicted octanol–water partition coefficient (Wildman–Crippen LogP) is 5.17. The zero-order valence-electron chi connectivity index (χ0n) is 16.0. The lowest BCUT2D eigenvalue weighted by Crippen LogP contribution is -2.19. The third-order valence-corrected chi connectivity index (χ3v) is 4.69. The lowest BCUT2D eigenvalue weighted by molar-refractivity contribution is 0.102. The fourth-order valence-electron chi connectivity index (χ4n) is 2.94. The molecule has 6 nitrogen and oxygen atoms in total. The van der Waals surface area contributed by atoms with Gasteiger partial charge in [-0.3, -0.25) is 9.59 Å². The highest BCUT2D eigenvalue weighted by Crippen LogP contribution is 2.23. The fourth-order valence-corrected chi connectivity index (χ4v) is 3.07. The van der Waals surface area contributed by atoms with Crippen molar-refractivity contribution in [3.63, 3.8) is 0 Å². The number of carbonyl (C=O) groups excluding carboxylic acids is 2. The van der Waals surface area contributed by atoms with Crippen molar-refractivity contribution in [2.45, 2.75) is 0 Å². The number of carbonyl (C=O) groups is 2. The first-order valence-corrected chi connectivity index (χ1v) is 9.66. The van der Waals surface area contributed by atoms with Crippen molar-refractivity contribution in [3.8, 4) is 5.69 Å². The Balaban J connectivity index is 1.70. The van der Waals surface area contributed by atoms with Gasteiger partial charge in [0.2, 0.25) is 0 Å². The second kappa shape index (κ2) is 8.81. The van der Waals surface area contributed by atoms with E-state index in [2.05, 4.69) is 15.7 Å². The zero-order chi connectivity index (χ0) is 21.8. The van der Waals surface area contributed by atoms with Crippen LogP contribution in [0.25, 0.3) is 5.69 Å². The van der Waals surface area contributed by atoms with Crippen LogP contribution in [0, 0.1) is 5.82 Å². The van der Waals surface area contributed by atoms with Crippen LogP contribution in [-0.2, 0) is 0 Å². The molecule has 0 atom stereocenters. The Hall–Kier alpha value is -3.97. The number of nitrogens with zero attached hydrogens (tertiary/aromatic N) is 2. The highest BCUT2D eigenvalue weighted by atomic mass is 35.5. The third-order valence-electron chi connectivity index (χ3n) is 4.44. The van der Waals surface area contributed by atoms with E-state index < -0.39 is 17.6 Å². The smallest absolute Gasteiger partial charge is 0.261 e. The molecule has 0 spiro atoms. The molecule has 2 N–H and O–H groups in total. The van der Waals surface area contributed by atoms with Gasteiger partial charge in [-0.15, -0.1) is 0 Å². The summed E-state index contributed by atoms with van der Waals surface area (Å²) in [6.45, 7) is 0. The highest BCUT2D eigenvalue weighted by Gasteiger charge is 2.21. The maximum absolute atomic E-state index is 13.6. The first-order valence-electron chi connectivity index (χ1n) is 9.28. The summed E-state index contributed by atoms with van der Waals surface area (Å²) in [4.78, 5) is 25.7. The summed E-state index contributed by atoms with van der Waals surface area (Å²) >= 11 is 5.89. The molecule has 154 valence electrons. The van der Waals surface area contributed by atoms with Crippen LogP contribution in [0.2, 0.25) is 5.02 Å². The van der Waals surface area contributed by atoms with Crippen molar-refractivity contribution in [2.75, 3.05) is 10.6 Å². The number of hydrogen-bond acceptors (Lipinski definition) is 3. The molecule has 0 saturated carbocycles. The Morgan fingerprint density at radius 1 is 0.871 bits per heavy atom. The Kier molecular flexibility index (Phi) is 5.77. The molecule has 0 radical (unpaired) electrons. The van der Waals surface area contributed by atoms with Crippen molar-refractivity contribution >= 4 is 34.9 Å². The molecule has 0 aliphatic heterocycles. The molecule has 0 unspecified atom stereocenters. The van der Waals surface area contributed by atoms with Gasteiger partial charge in [0.05, 0.1) is 11.9 Å². The molecule has 1 heterocycles. The Morgan fingerprint density at radius 3 is 2.32 bits per heavy atom. The van der Waals surface area contributed by atoms with Crippen molar-refractivity contribution in [1.29, 1.82) is 0 Å². The van der Waals surface area contributed by atoms with Gasteiger partial charge < -0.3 is 10.6 Å². The number of benzene rings is 3. The van der Waals surface area contributed by atoms with Gasteiger partial charge in [0, 0.05) is 16.3 Å². The average molecular weight is 435 g/mol. The van der Waals surface area contributed by atoms with Crippen LogP contribution in [0.5, 0.6) is 0 Å². The van der Waals surface area contributed by atoms with Crippen LogP contribution in [0.4, 0.5) is 15.9 Å². The normalized spacial score (nSPS) is 10.5. The molecule has 0 bridgehead atoms. The van der Waals surface area contributed by atoms with E-state index in [9.17, 15) is 14.0 Å². The van der Waals surface area contributed by atoms with E-state index >= 15 is 0 Å². The predicted molar refractivity (Wildman–Crippen MR) is 117 cm³/mol. The summed E-state index contributed by atoms with van der Waals surface area (Å²) in [6, 6.07) is 20.9. The zero-order valence-corrected chi connectivity index (χ0v) is 16.8. The van der Waals surface area contributed by atoms with E-state index in [-0.39, 0.29) is 16.9 Å². The van der Waals surface area contributed by atoms with Gasteiger partial charge in [0.1, 0.15) is 17.2 Å². The molecule has 0 fully saturated rings. The standard InChI is InChI=1S/C23H16ClFN4O2/c24-16-9-11-18(12-10-16)27-23(31)20-14-26-29(19-7-2-1-3-8-19)21(20)28-22(30)15-5-4-6-17(25)13-15/h1-14H,(H,27,31)(H,28,30). The minimum atomic E-state index is -0.572. The lowest BCUT2D eigenvalue weighted by atomic mass is 10.2. The van der Waals surface area contributed by atoms with E-state index in [0.29, 0.717) is 16.4 Å². The quantitative estimate of drug-likeness (QED) is 0.455. The number of rotatable bonds is 5. The molecule has 0 saturated heterocycles. The first-order chi connectivity index (χ1) is 15.0. The van der Waals surface area contributed by atoms with E-state index in [1.165, 1.54) is 29.1 Å². The largest absolute Gasteiger partial charge is 0.322 e. The lowest BCUT2D eigenvalue weighted by Gasteiger charge is -2.12. The molecule has 0 aliphatic rings. The first kappa shape index (κ1) is 20.3. The number of amides is 2. The Morgan fingerprint density at radius 2 is 1.61 bits per heavy atom. The molecule has 4 rings (SSSR count). The second-order valence-electron chi connectivity index (χ2n) is 6.58. The van der Waals surface area contributed by atoms with Crippen LogP contribution in [0.3, 0.4) is 0 Å². The van der Waals surface area contributed by atoms with Crippen molar-refractivity contribution in [2.24, 2.45) is 0 Å². The summed E-state index contributed by atoms with van der Waals surface area (Å²) in [5.41, 5.74) is 1.43. The molecule has 0 aliphatic carbocycles. The van der Waals surface area contributed by atoms with Gasteiger partial charge in [-0.2, -0.15) is 5.10 Å². The summed E-state index contributed by atoms with van der Waals surface area (Å²) in [5, 5.41) is 10.3. The van der Waals surface area contributed by atoms with Gasteiger partial charge in [0.25, 0.3) is 11.8 Å². The van der Waals surface area contributed by atoms with Crippen LogP contribution < -0.4 is 10.6 Å². The molecule has 2 amide bonds. The van der Waals surface area contributed by atoms with Crippen LogP contribution >= 0.6 is 11.6 Å². The number of hydrogen-bond donors (Lipinski definition) is 2. The van der Waals surface area contributed by atoms with Crippen molar-refractivity contribution in [3.05, 3.63) is 107 Å². The molecular weight excluding hydrogens is 419 g/mol. The molecular formula is C23H16ClFN4O2. The SMILES string of the molecule is O=C(Nc1c(C(=O)Nc2ccc(Cl)cc2)cnn1-c1ccccc1)c1cccc(F)c1. The monoisotopic (exact) mass is 434 g/mol. The average Bonchev–Trinajstić information content (AvgIpc) is 3.19. The summed E-state index contributed by atoms with van der Waals surface area (Å²) < 4.78 is 15.0. The topological polar surface area (TPSA) is 76.0 Å². The number of halogens is 2. The van der Waals surface area contributed by atoms with Gasteiger partial charge in [-0.25, -0.2) is 9.07 Å². The van der Waals surface area contributed by atoms with Crippen LogP contribution in [0.1, 0.15) is 20.7 Å². The number of anilines is 2. The number of aromatic nitrogens is 2. The number of para-hydroxylation sites is 1. The fraction of sp³-hybridized carbons (Fsp3) is 0. The highest BCUT2D eigenvalue weighted by molar-refractivity contribution is 6.30. The number of nitrogens with one attached hydrogen (secondary N) is 2. The van der Waals surface area contributed by atoms with Gasteiger partial charge in [-0.05, 0) is 54.6 Å². The van der Waals surface area contributed by atoms with E-state index in [1.807, 2.05) is 18.2 Å². The van der Waals surface area contributed by atoms with Gasteiger partial charge in [0.15, 0.2) is 0 Å².